The van der Waals surface area contributed by atoms with E-state index in [0.29, 0.717) is 6.61 Å². The molecular weight excluding hydrogens is 242 g/mol. The number of hydrogen-bond acceptors (Lipinski definition) is 5. The summed E-state index contributed by atoms with van der Waals surface area (Å²) in [7, 11) is 3.72. The molecule has 6 heteroatoms. The summed E-state index contributed by atoms with van der Waals surface area (Å²) >= 11 is 0. The molecule has 2 rings (SSSR count). The summed E-state index contributed by atoms with van der Waals surface area (Å²) in [5, 5.41) is 3.24. The third-order valence-corrected chi connectivity index (χ3v) is 3.12. The SMILES string of the molecule is CCNc1cn2ccnc2c(N(C)C(C)COC)n1. The summed E-state index contributed by atoms with van der Waals surface area (Å²) in [6.07, 6.45) is 5.66. The van der Waals surface area contributed by atoms with Crippen molar-refractivity contribution in [3.8, 4) is 0 Å². The molecule has 0 amide bonds. The lowest BCUT2D eigenvalue weighted by molar-refractivity contribution is 0.183. The van der Waals surface area contributed by atoms with Crippen LogP contribution in [0.3, 0.4) is 0 Å². The van der Waals surface area contributed by atoms with Crippen molar-refractivity contribution in [2.24, 2.45) is 0 Å². The van der Waals surface area contributed by atoms with Crippen LogP contribution in [0.15, 0.2) is 18.6 Å². The number of anilines is 2. The van der Waals surface area contributed by atoms with Gasteiger partial charge >= 0.3 is 0 Å². The van der Waals surface area contributed by atoms with Gasteiger partial charge in [-0.3, -0.25) is 0 Å². The van der Waals surface area contributed by atoms with Crippen LogP contribution in [0.1, 0.15) is 13.8 Å². The van der Waals surface area contributed by atoms with Crippen molar-refractivity contribution in [1.82, 2.24) is 14.4 Å². The first-order valence-corrected chi connectivity index (χ1v) is 6.46. The number of fused-ring (bicyclic) bond motifs is 1. The van der Waals surface area contributed by atoms with Crippen LogP contribution >= 0.6 is 0 Å². The molecule has 0 aliphatic heterocycles. The van der Waals surface area contributed by atoms with E-state index in [2.05, 4.69) is 34.0 Å². The van der Waals surface area contributed by atoms with Gasteiger partial charge in [0.1, 0.15) is 5.82 Å². The van der Waals surface area contributed by atoms with Crippen molar-refractivity contribution in [3.63, 3.8) is 0 Å². The Bertz CT molecular complexity index is 539. The largest absolute Gasteiger partial charge is 0.383 e. The van der Waals surface area contributed by atoms with Gasteiger partial charge in [-0.25, -0.2) is 9.97 Å². The first kappa shape index (κ1) is 13.6. The second-order valence-corrected chi connectivity index (χ2v) is 4.55. The second kappa shape index (κ2) is 5.88. The molecule has 0 saturated heterocycles. The molecule has 0 radical (unpaired) electrons. The number of nitrogens with zero attached hydrogens (tertiary/aromatic N) is 4. The second-order valence-electron chi connectivity index (χ2n) is 4.55. The van der Waals surface area contributed by atoms with Gasteiger partial charge in [0, 0.05) is 33.1 Å². The summed E-state index contributed by atoms with van der Waals surface area (Å²) in [6, 6.07) is 0.231. The first-order valence-electron chi connectivity index (χ1n) is 6.46. The molecule has 2 heterocycles. The van der Waals surface area contributed by atoms with Crippen LogP contribution in [0, 0.1) is 0 Å². The maximum Gasteiger partial charge on any atom is 0.180 e. The molecule has 6 nitrogen and oxygen atoms in total. The molecule has 0 spiro atoms. The lowest BCUT2D eigenvalue weighted by atomic mass is 10.3. The molecule has 1 unspecified atom stereocenters. The normalized spacial score (nSPS) is 12.6. The molecule has 0 fully saturated rings. The summed E-state index contributed by atoms with van der Waals surface area (Å²) in [5.74, 6) is 1.70. The predicted molar refractivity (Wildman–Crippen MR) is 76.9 cm³/mol. The molecule has 19 heavy (non-hydrogen) atoms. The number of rotatable bonds is 6. The molecular formula is C13H21N5O. The van der Waals surface area contributed by atoms with E-state index in [4.69, 9.17) is 4.74 Å². The Kier molecular flexibility index (Phi) is 4.21. The minimum atomic E-state index is 0.231. The van der Waals surface area contributed by atoms with Crippen LogP contribution < -0.4 is 10.2 Å². The third-order valence-electron chi connectivity index (χ3n) is 3.12. The van der Waals surface area contributed by atoms with E-state index in [1.807, 2.05) is 23.8 Å². The third kappa shape index (κ3) is 2.78. The van der Waals surface area contributed by atoms with Crippen LogP contribution in [-0.2, 0) is 4.74 Å². The predicted octanol–water partition coefficient (Wildman–Crippen LogP) is 1.63. The maximum absolute atomic E-state index is 5.21. The smallest absolute Gasteiger partial charge is 0.180 e. The van der Waals surface area contributed by atoms with Gasteiger partial charge in [-0.2, -0.15) is 0 Å². The molecule has 0 aliphatic carbocycles. The first-order chi connectivity index (χ1) is 9.17. The van der Waals surface area contributed by atoms with Crippen LogP contribution in [0.25, 0.3) is 5.65 Å². The number of aromatic nitrogens is 3. The standard InChI is InChI=1S/C13H21N5O/c1-5-14-11-8-18-7-6-15-12(18)13(16-11)17(3)10(2)9-19-4/h6-8,10,14H,5,9H2,1-4H3. The van der Waals surface area contributed by atoms with E-state index in [1.165, 1.54) is 0 Å². The Morgan fingerprint density at radius 1 is 1.53 bits per heavy atom. The summed E-state index contributed by atoms with van der Waals surface area (Å²) in [5.41, 5.74) is 0.854. The lowest BCUT2D eigenvalue weighted by Crippen LogP contribution is -2.33. The molecule has 2 aromatic heterocycles. The zero-order chi connectivity index (χ0) is 13.8. The van der Waals surface area contributed by atoms with Crippen molar-refractivity contribution in [3.05, 3.63) is 18.6 Å². The molecule has 104 valence electrons. The number of hydrogen-bond donors (Lipinski definition) is 1. The Balaban J connectivity index is 2.41. The lowest BCUT2D eigenvalue weighted by Gasteiger charge is -2.26. The summed E-state index contributed by atoms with van der Waals surface area (Å²) < 4.78 is 7.19. The van der Waals surface area contributed by atoms with Gasteiger partial charge in [0.05, 0.1) is 18.8 Å². The Hall–Kier alpha value is -1.82. The van der Waals surface area contributed by atoms with E-state index in [-0.39, 0.29) is 6.04 Å². The van der Waals surface area contributed by atoms with Crippen molar-refractivity contribution >= 4 is 17.3 Å². The highest BCUT2D eigenvalue weighted by Gasteiger charge is 2.16. The molecule has 1 atom stereocenters. The van der Waals surface area contributed by atoms with Gasteiger partial charge in [0.25, 0.3) is 0 Å². The minimum absolute atomic E-state index is 0.231. The Morgan fingerprint density at radius 3 is 3.00 bits per heavy atom. The average molecular weight is 263 g/mol. The zero-order valence-corrected chi connectivity index (χ0v) is 11.9. The highest BCUT2D eigenvalue weighted by atomic mass is 16.5. The Morgan fingerprint density at radius 2 is 2.32 bits per heavy atom. The van der Waals surface area contributed by atoms with Crippen LogP contribution in [0.4, 0.5) is 11.6 Å². The molecule has 0 aliphatic rings. The molecule has 0 aromatic carbocycles. The van der Waals surface area contributed by atoms with Crippen molar-refractivity contribution in [2.75, 3.05) is 37.5 Å². The fourth-order valence-electron chi connectivity index (χ4n) is 1.98. The van der Waals surface area contributed by atoms with Gasteiger partial charge in [-0.1, -0.05) is 0 Å². The fraction of sp³-hybridized carbons (Fsp3) is 0.538. The fourth-order valence-corrected chi connectivity index (χ4v) is 1.98. The number of ether oxygens (including phenoxy) is 1. The van der Waals surface area contributed by atoms with Crippen LogP contribution in [0.5, 0.6) is 0 Å². The quantitative estimate of drug-likeness (QED) is 0.858. The number of likely N-dealkylation sites (N-methyl/N-ethyl adjacent to an activating group) is 1. The molecule has 1 N–H and O–H groups in total. The van der Waals surface area contributed by atoms with Gasteiger partial charge in [0.2, 0.25) is 0 Å². The molecule has 0 bridgehead atoms. The number of nitrogens with one attached hydrogen (secondary N) is 1. The van der Waals surface area contributed by atoms with Gasteiger partial charge in [-0.15, -0.1) is 0 Å². The summed E-state index contributed by atoms with van der Waals surface area (Å²) in [6.45, 7) is 5.64. The maximum atomic E-state index is 5.21. The Labute approximate surface area is 113 Å². The minimum Gasteiger partial charge on any atom is -0.383 e. The van der Waals surface area contributed by atoms with Crippen molar-refractivity contribution in [2.45, 2.75) is 19.9 Å². The number of imidazole rings is 1. The average Bonchev–Trinajstić information content (AvgIpc) is 2.85. The van der Waals surface area contributed by atoms with Crippen molar-refractivity contribution < 1.29 is 4.74 Å². The monoisotopic (exact) mass is 263 g/mol. The highest BCUT2D eigenvalue weighted by Crippen LogP contribution is 2.21. The molecule has 2 aromatic rings. The van der Waals surface area contributed by atoms with Gasteiger partial charge in [0.15, 0.2) is 11.5 Å². The van der Waals surface area contributed by atoms with Gasteiger partial charge in [-0.05, 0) is 13.8 Å². The highest BCUT2D eigenvalue weighted by molar-refractivity contribution is 5.66. The zero-order valence-electron chi connectivity index (χ0n) is 11.9. The van der Waals surface area contributed by atoms with Gasteiger partial charge < -0.3 is 19.4 Å². The van der Waals surface area contributed by atoms with E-state index in [1.54, 1.807) is 13.3 Å². The van der Waals surface area contributed by atoms with Crippen LogP contribution in [0.2, 0.25) is 0 Å². The van der Waals surface area contributed by atoms with E-state index >= 15 is 0 Å². The topological polar surface area (TPSA) is 54.7 Å². The molecule has 0 saturated carbocycles. The van der Waals surface area contributed by atoms with E-state index in [0.717, 1.165) is 23.8 Å². The summed E-state index contributed by atoms with van der Waals surface area (Å²) in [4.78, 5) is 11.1. The van der Waals surface area contributed by atoms with E-state index < -0.39 is 0 Å². The van der Waals surface area contributed by atoms with E-state index in [9.17, 15) is 0 Å². The van der Waals surface area contributed by atoms with Crippen LogP contribution in [-0.4, -0.2) is 47.7 Å². The number of methoxy groups -OCH3 is 1. The van der Waals surface area contributed by atoms with Crippen molar-refractivity contribution in [1.29, 1.82) is 0 Å².